The van der Waals surface area contributed by atoms with Crippen LogP contribution in [0, 0.1) is 11.7 Å². The highest BCUT2D eigenvalue weighted by Gasteiger charge is 2.15. The van der Waals surface area contributed by atoms with Crippen LogP contribution in [0.25, 0.3) is 11.4 Å². The lowest BCUT2D eigenvalue weighted by atomic mass is 10.1. The molecular formula is C23H30N5OS+. The zero-order chi connectivity index (χ0) is 21.1. The summed E-state index contributed by atoms with van der Waals surface area (Å²) in [5.74, 6) is 0.917. The van der Waals surface area contributed by atoms with Crippen molar-refractivity contribution in [1.82, 2.24) is 14.3 Å². The zero-order valence-electron chi connectivity index (χ0n) is 18.0. The molecule has 3 aromatic rings. The smallest absolute Gasteiger partial charge is 0.202 e. The summed E-state index contributed by atoms with van der Waals surface area (Å²) in [5, 5.41) is 4.83. The van der Waals surface area contributed by atoms with Crippen molar-refractivity contribution in [2.45, 2.75) is 20.1 Å². The molecule has 0 saturated carbocycles. The number of hydrogen-bond acceptors (Lipinski definition) is 4. The predicted octanol–water partition coefficient (Wildman–Crippen LogP) is 2.44. The zero-order valence-corrected chi connectivity index (χ0v) is 18.8. The normalized spacial score (nSPS) is 15.4. The molecule has 1 fully saturated rings. The van der Waals surface area contributed by atoms with E-state index in [0.717, 1.165) is 55.7 Å². The van der Waals surface area contributed by atoms with E-state index in [0.29, 0.717) is 0 Å². The van der Waals surface area contributed by atoms with E-state index in [4.69, 9.17) is 22.1 Å². The minimum Gasteiger partial charge on any atom is -0.378 e. The first kappa shape index (κ1) is 20.8. The van der Waals surface area contributed by atoms with Crippen LogP contribution in [0.3, 0.4) is 0 Å². The van der Waals surface area contributed by atoms with E-state index in [-0.39, 0.29) is 0 Å². The fraction of sp³-hybridized carbons (Fsp3) is 0.391. The van der Waals surface area contributed by atoms with Crippen LogP contribution in [-0.4, -0.2) is 47.7 Å². The molecule has 6 nitrogen and oxygen atoms in total. The van der Waals surface area contributed by atoms with Gasteiger partial charge in [0, 0.05) is 37.0 Å². The summed E-state index contributed by atoms with van der Waals surface area (Å²) in [4.78, 5) is 3.71. The van der Waals surface area contributed by atoms with Crippen LogP contribution in [0.4, 0.5) is 5.69 Å². The van der Waals surface area contributed by atoms with Gasteiger partial charge in [-0.25, -0.2) is 0 Å². The van der Waals surface area contributed by atoms with E-state index >= 15 is 0 Å². The van der Waals surface area contributed by atoms with Gasteiger partial charge in [-0.15, -0.1) is 5.10 Å². The maximum Gasteiger partial charge on any atom is 0.202 e. The first-order valence-electron chi connectivity index (χ1n) is 10.5. The third-order valence-corrected chi connectivity index (χ3v) is 6.15. The summed E-state index contributed by atoms with van der Waals surface area (Å²) in [7, 11) is 4.17. The van der Waals surface area contributed by atoms with Gasteiger partial charge < -0.3 is 19.1 Å². The van der Waals surface area contributed by atoms with Gasteiger partial charge in [-0.3, -0.25) is 0 Å². The standard InChI is InChI=1S/C23H29N5OS/c1-18-6-4-5-7-21(18)22-24-28(23(30)26(22)3)17-25(2)16-19-8-10-20(11-9-19)27-12-14-29-15-13-27/h4-11H,12-17H2,1-3H3/p+1. The Balaban J connectivity index is 1.44. The van der Waals surface area contributed by atoms with Gasteiger partial charge in [0.15, 0.2) is 12.5 Å². The third-order valence-electron chi connectivity index (χ3n) is 5.67. The molecule has 4 rings (SSSR count). The molecular weight excluding hydrogens is 394 g/mol. The van der Waals surface area contributed by atoms with Crippen molar-refractivity contribution in [3.8, 4) is 11.4 Å². The van der Waals surface area contributed by atoms with Crippen molar-refractivity contribution in [2.24, 2.45) is 7.05 Å². The largest absolute Gasteiger partial charge is 0.378 e. The van der Waals surface area contributed by atoms with Gasteiger partial charge in [0.25, 0.3) is 0 Å². The Bertz CT molecular complexity index is 1050. The number of nitrogens with one attached hydrogen (secondary N) is 1. The summed E-state index contributed by atoms with van der Waals surface area (Å²) in [6.07, 6.45) is 0. The van der Waals surface area contributed by atoms with Crippen molar-refractivity contribution >= 4 is 17.9 Å². The van der Waals surface area contributed by atoms with Crippen LogP contribution < -0.4 is 9.80 Å². The number of nitrogens with zero attached hydrogens (tertiary/aromatic N) is 4. The molecule has 1 aromatic heterocycles. The minimum absolute atomic E-state index is 0.726. The van der Waals surface area contributed by atoms with Crippen LogP contribution >= 0.6 is 12.2 Å². The lowest BCUT2D eigenvalue weighted by molar-refractivity contribution is -0.917. The molecule has 2 aromatic carbocycles. The molecule has 0 amide bonds. The highest BCUT2D eigenvalue weighted by atomic mass is 32.1. The number of morpholine rings is 1. The second-order valence-electron chi connectivity index (χ2n) is 8.04. The van der Waals surface area contributed by atoms with Gasteiger partial charge in [-0.1, -0.05) is 36.4 Å². The van der Waals surface area contributed by atoms with Crippen molar-refractivity contribution in [1.29, 1.82) is 0 Å². The van der Waals surface area contributed by atoms with Crippen molar-refractivity contribution < 1.29 is 9.64 Å². The SMILES string of the molecule is Cc1ccccc1-c1nn(C[NH+](C)Cc2ccc(N3CCOCC3)cc2)c(=S)n1C. The minimum atomic E-state index is 0.726. The highest BCUT2D eigenvalue weighted by molar-refractivity contribution is 7.71. The summed E-state index contributed by atoms with van der Waals surface area (Å²) < 4.78 is 10.1. The monoisotopic (exact) mass is 424 g/mol. The van der Waals surface area contributed by atoms with Gasteiger partial charge in [0.05, 0.1) is 20.3 Å². The van der Waals surface area contributed by atoms with Gasteiger partial charge in [-0.2, -0.15) is 4.68 Å². The van der Waals surface area contributed by atoms with Gasteiger partial charge in [-0.05, 0) is 36.8 Å². The van der Waals surface area contributed by atoms with Gasteiger partial charge in [0.1, 0.15) is 6.54 Å². The summed E-state index contributed by atoms with van der Waals surface area (Å²) in [5.41, 5.74) is 4.91. The van der Waals surface area contributed by atoms with E-state index in [1.54, 1.807) is 0 Å². The second-order valence-corrected chi connectivity index (χ2v) is 8.40. The van der Waals surface area contributed by atoms with Crippen LogP contribution in [-0.2, 0) is 25.0 Å². The first-order valence-corrected chi connectivity index (χ1v) is 10.9. The number of aromatic nitrogens is 3. The molecule has 1 aliphatic heterocycles. The summed E-state index contributed by atoms with van der Waals surface area (Å²) in [6, 6.07) is 17.2. The Kier molecular flexibility index (Phi) is 6.32. The molecule has 0 bridgehead atoms. The van der Waals surface area contributed by atoms with Gasteiger partial charge >= 0.3 is 0 Å². The maximum atomic E-state index is 5.66. The first-order chi connectivity index (χ1) is 14.5. The number of ether oxygens (including phenoxy) is 1. The predicted molar refractivity (Wildman–Crippen MR) is 122 cm³/mol. The molecule has 7 heteroatoms. The highest BCUT2D eigenvalue weighted by Crippen LogP contribution is 2.21. The molecule has 0 aliphatic carbocycles. The summed E-state index contributed by atoms with van der Waals surface area (Å²) in [6.45, 7) is 7.30. The molecule has 1 saturated heterocycles. The third kappa shape index (κ3) is 4.48. The van der Waals surface area contributed by atoms with E-state index in [2.05, 4.69) is 55.3 Å². The quantitative estimate of drug-likeness (QED) is 0.617. The van der Waals surface area contributed by atoms with Crippen molar-refractivity contribution in [3.05, 3.63) is 64.4 Å². The Morgan fingerprint density at radius 3 is 2.47 bits per heavy atom. The molecule has 30 heavy (non-hydrogen) atoms. The number of aryl methyl sites for hydroxylation is 1. The van der Waals surface area contributed by atoms with Crippen LogP contribution in [0.15, 0.2) is 48.5 Å². The molecule has 0 radical (unpaired) electrons. The van der Waals surface area contributed by atoms with Crippen LogP contribution in [0.1, 0.15) is 11.1 Å². The van der Waals surface area contributed by atoms with Crippen molar-refractivity contribution in [2.75, 3.05) is 38.3 Å². The Hall–Kier alpha value is -2.48. The van der Waals surface area contributed by atoms with E-state index in [1.807, 2.05) is 28.4 Å². The van der Waals surface area contributed by atoms with E-state index in [1.165, 1.54) is 21.7 Å². The Morgan fingerprint density at radius 2 is 1.77 bits per heavy atom. The molecule has 0 spiro atoms. The van der Waals surface area contributed by atoms with E-state index < -0.39 is 0 Å². The number of quaternary nitrogens is 1. The van der Waals surface area contributed by atoms with Gasteiger partial charge in [0.2, 0.25) is 4.77 Å². The molecule has 1 unspecified atom stereocenters. The number of rotatable bonds is 6. The average Bonchev–Trinajstić information content (AvgIpc) is 3.03. The molecule has 2 heterocycles. The fourth-order valence-corrected chi connectivity index (χ4v) is 4.15. The molecule has 1 N–H and O–H groups in total. The van der Waals surface area contributed by atoms with Crippen LogP contribution in [0.2, 0.25) is 0 Å². The van der Waals surface area contributed by atoms with E-state index in [9.17, 15) is 0 Å². The van der Waals surface area contributed by atoms with Crippen LogP contribution in [0.5, 0.6) is 0 Å². The topological polar surface area (TPSA) is 39.7 Å². The number of benzene rings is 2. The maximum absolute atomic E-state index is 5.66. The fourth-order valence-electron chi connectivity index (χ4n) is 3.96. The second kappa shape index (κ2) is 9.12. The Labute approximate surface area is 183 Å². The molecule has 158 valence electrons. The average molecular weight is 425 g/mol. The lowest BCUT2D eigenvalue weighted by Crippen LogP contribution is -3.07. The Morgan fingerprint density at radius 1 is 1.07 bits per heavy atom. The molecule has 1 aliphatic rings. The number of anilines is 1. The number of hydrogen-bond donors (Lipinski definition) is 1. The summed E-state index contributed by atoms with van der Waals surface area (Å²) >= 11 is 5.66. The molecule has 1 atom stereocenters. The van der Waals surface area contributed by atoms with Crippen molar-refractivity contribution in [3.63, 3.8) is 0 Å². The lowest BCUT2D eigenvalue weighted by Gasteiger charge is -2.29.